The van der Waals surface area contributed by atoms with Crippen molar-refractivity contribution in [2.75, 3.05) is 25.1 Å². The van der Waals surface area contributed by atoms with Gasteiger partial charge >= 0.3 is 12.0 Å². The molecule has 1 aliphatic heterocycles. The number of benzene rings is 1. The lowest BCUT2D eigenvalue weighted by Crippen LogP contribution is -2.44. The molecule has 0 radical (unpaired) electrons. The largest absolute Gasteiger partial charge is 0.456 e. The number of urea groups is 1. The summed E-state index contributed by atoms with van der Waals surface area (Å²) in [6.45, 7) is -0.185. The van der Waals surface area contributed by atoms with Crippen molar-refractivity contribution in [3.05, 3.63) is 30.3 Å². The van der Waals surface area contributed by atoms with Gasteiger partial charge in [0.1, 0.15) is 5.54 Å². The summed E-state index contributed by atoms with van der Waals surface area (Å²) in [4.78, 5) is 51.2. The highest BCUT2D eigenvalue weighted by molar-refractivity contribution is 6.07. The van der Waals surface area contributed by atoms with Gasteiger partial charge in [-0.3, -0.25) is 19.3 Å². The minimum absolute atomic E-state index is 0.0341. The van der Waals surface area contributed by atoms with Crippen molar-refractivity contribution in [1.82, 2.24) is 10.2 Å². The summed E-state index contributed by atoms with van der Waals surface area (Å²) in [5, 5.41) is 2.81. The summed E-state index contributed by atoms with van der Waals surface area (Å²) in [6, 6.07) is 8.67. The molecule has 1 N–H and O–H groups in total. The number of rotatable bonds is 7. The molecule has 1 aromatic carbocycles. The minimum atomic E-state index is -0.730. The first kappa shape index (κ1) is 19.9. The third-order valence-electron chi connectivity index (χ3n) is 5.34. The van der Waals surface area contributed by atoms with Gasteiger partial charge in [0, 0.05) is 25.7 Å². The standard InChI is InChI=1S/C20H25N3O5/c1-22(15-8-3-2-4-9-15)16(24)14-28-17(25)10-7-13-23-18(26)20(21-19(23)27)11-5-6-12-20/h2-4,8-9H,5-7,10-14H2,1H3,(H,21,27). The zero-order valence-corrected chi connectivity index (χ0v) is 16.0. The average Bonchev–Trinajstić information content (AvgIpc) is 3.26. The Morgan fingerprint density at radius 1 is 1.18 bits per heavy atom. The van der Waals surface area contributed by atoms with Gasteiger partial charge in [-0.05, 0) is 31.4 Å². The molecule has 8 nitrogen and oxygen atoms in total. The molecule has 28 heavy (non-hydrogen) atoms. The number of carbonyl (C=O) groups is 4. The number of ether oxygens (including phenoxy) is 1. The summed E-state index contributed by atoms with van der Waals surface area (Å²) >= 11 is 0. The van der Waals surface area contributed by atoms with Gasteiger partial charge in [-0.15, -0.1) is 0 Å². The predicted molar refractivity (Wildman–Crippen MR) is 101 cm³/mol. The fourth-order valence-electron chi connectivity index (χ4n) is 3.69. The Labute approximate surface area is 163 Å². The fourth-order valence-corrected chi connectivity index (χ4v) is 3.69. The van der Waals surface area contributed by atoms with Crippen molar-refractivity contribution < 1.29 is 23.9 Å². The number of esters is 1. The first-order valence-electron chi connectivity index (χ1n) is 9.54. The van der Waals surface area contributed by atoms with Gasteiger partial charge in [-0.1, -0.05) is 31.0 Å². The van der Waals surface area contributed by atoms with Crippen LogP contribution in [0.1, 0.15) is 38.5 Å². The number of likely N-dealkylation sites (N-methyl/N-ethyl adjacent to an activating group) is 1. The Bertz CT molecular complexity index is 758. The van der Waals surface area contributed by atoms with Crippen molar-refractivity contribution in [2.45, 2.75) is 44.1 Å². The van der Waals surface area contributed by atoms with Crippen LogP contribution in [0.2, 0.25) is 0 Å². The molecule has 1 saturated heterocycles. The van der Waals surface area contributed by atoms with E-state index in [4.69, 9.17) is 4.74 Å². The second kappa shape index (κ2) is 8.41. The molecule has 0 aromatic heterocycles. The van der Waals surface area contributed by atoms with Crippen molar-refractivity contribution in [2.24, 2.45) is 0 Å². The first-order valence-corrected chi connectivity index (χ1v) is 9.54. The number of carbonyl (C=O) groups excluding carboxylic acids is 4. The van der Waals surface area contributed by atoms with E-state index in [1.54, 1.807) is 19.2 Å². The summed E-state index contributed by atoms with van der Waals surface area (Å²) in [7, 11) is 1.61. The van der Waals surface area contributed by atoms with Gasteiger partial charge in [-0.2, -0.15) is 0 Å². The number of amides is 4. The van der Waals surface area contributed by atoms with Crippen molar-refractivity contribution in [3.63, 3.8) is 0 Å². The second-order valence-electron chi connectivity index (χ2n) is 7.23. The third kappa shape index (κ3) is 4.16. The molecule has 2 fully saturated rings. The zero-order chi connectivity index (χ0) is 20.1. The highest BCUT2D eigenvalue weighted by Gasteiger charge is 2.52. The van der Waals surface area contributed by atoms with Crippen LogP contribution in [-0.4, -0.2) is 54.5 Å². The number of imide groups is 1. The highest BCUT2D eigenvalue weighted by Crippen LogP contribution is 2.35. The van der Waals surface area contributed by atoms with E-state index in [9.17, 15) is 19.2 Å². The average molecular weight is 387 g/mol. The van der Waals surface area contributed by atoms with Gasteiger partial charge < -0.3 is 15.0 Å². The smallest absolute Gasteiger partial charge is 0.325 e. The minimum Gasteiger partial charge on any atom is -0.456 e. The lowest BCUT2D eigenvalue weighted by atomic mass is 9.98. The van der Waals surface area contributed by atoms with E-state index >= 15 is 0 Å². The van der Waals surface area contributed by atoms with Gasteiger partial charge in [0.05, 0.1) is 0 Å². The summed E-state index contributed by atoms with van der Waals surface area (Å²) in [5.74, 6) is -1.06. The Balaban J connectivity index is 1.39. The van der Waals surface area contributed by atoms with E-state index in [2.05, 4.69) is 5.32 Å². The van der Waals surface area contributed by atoms with Crippen molar-refractivity contribution in [1.29, 1.82) is 0 Å². The fraction of sp³-hybridized carbons (Fsp3) is 0.500. The molecule has 0 unspecified atom stereocenters. The molecule has 1 spiro atoms. The van der Waals surface area contributed by atoms with Crippen LogP contribution in [0.4, 0.5) is 10.5 Å². The summed E-state index contributed by atoms with van der Waals surface area (Å²) in [6.07, 6.45) is 3.54. The number of para-hydroxylation sites is 1. The maximum atomic E-state index is 12.5. The Morgan fingerprint density at radius 3 is 2.54 bits per heavy atom. The van der Waals surface area contributed by atoms with Crippen molar-refractivity contribution >= 4 is 29.5 Å². The molecule has 0 atom stereocenters. The van der Waals surface area contributed by atoms with Crippen molar-refractivity contribution in [3.8, 4) is 0 Å². The normalized spacial score (nSPS) is 17.7. The molecule has 1 aliphatic carbocycles. The van der Waals surface area contributed by atoms with E-state index < -0.39 is 11.5 Å². The molecular formula is C20H25N3O5. The molecule has 1 aromatic rings. The highest BCUT2D eigenvalue weighted by atomic mass is 16.5. The third-order valence-corrected chi connectivity index (χ3v) is 5.34. The monoisotopic (exact) mass is 387 g/mol. The maximum absolute atomic E-state index is 12.5. The van der Waals surface area contributed by atoms with Crippen LogP contribution in [0.25, 0.3) is 0 Å². The molecule has 2 aliphatic rings. The van der Waals surface area contributed by atoms with Crippen LogP contribution in [0.3, 0.4) is 0 Å². The second-order valence-corrected chi connectivity index (χ2v) is 7.23. The topological polar surface area (TPSA) is 96.0 Å². The first-order chi connectivity index (χ1) is 13.4. The lowest BCUT2D eigenvalue weighted by molar-refractivity contribution is -0.148. The number of hydrogen-bond donors (Lipinski definition) is 1. The van der Waals surface area contributed by atoms with Gasteiger partial charge in [0.15, 0.2) is 6.61 Å². The van der Waals surface area contributed by atoms with Crippen LogP contribution in [0, 0.1) is 0 Å². The van der Waals surface area contributed by atoms with Gasteiger partial charge in [0.2, 0.25) is 0 Å². The summed E-state index contributed by atoms with van der Waals surface area (Å²) in [5.41, 5.74) is -0.0191. The lowest BCUT2D eigenvalue weighted by Gasteiger charge is -2.20. The summed E-state index contributed by atoms with van der Waals surface area (Å²) < 4.78 is 5.02. The zero-order valence-electron chi connectivity index (χ0n) is 16.0. The molecule has 1 heterocycles. The Hall–Kier alpha value is -2.90. The van der Waals surface area contributed by atoms with Crippen LogP contribution < -0.4 is 10.2 Å². The van der Waals surface area contributed by atoms with E-state index in [0.29, 0.717) is 24.9 Å². The number of hydrogen-bond acceptors (Lipinski definition) is 5. The van der Waals surface area contributed by atoms with Crippen LogP contribution in [0.5, 0.6) is 0 Å². The number of anilines is 1. The Kier molecular flexibility index (Phi) is 5.96. The van der Waals surface area contributed by atoms with Crippen LogP contribution in [-0.2, 0) is 19.1 Å². The quantitative estimate of drug-likeness (QED) is 0.569. The van der Waals surface area contributed by atoms with E-state index in [0.717, 1.165) is 12.8 Å². The molecule has 8 heteroatoms. The molecular weight excluding hydrogens is 362 g/mol. The number of nitrogens with one attached hydrogen (secondary N) is 1. The molecule has 4 amide bonds. The van der Waals surface area contributed by atoms with Crippen LogP contribution >= 0.6 is 0 Å². The van der Waals surface area contributed by atoms with E-state index in [1.165, 1.54) is 9.80 Å². The molecule has 150 valence electrons. The predicted octanol–water partition coefficient (Wildman–Crippen LogP) is 1.84. The van der Waals surface area contributed by atoms with E-state index in [1.807, 2.05) is 18.2 Å². The maximum Gasteiger partial charge on any atom is 0.325 e. The van der Waals surface area contributed by atoms with E-state index in [-0.39, 0.29) is 37.4 Å². The molecule has 1 saturated carbocycles. The Morgan fingerprint density at radius 2 is 1.86 bits per heavy atom. The number of nitrogens with zero attached hydrogens (tertiary/aromatic N) is 2. The van der Waals surface area contributed by atoms with Crippen LogP contribution in [0.15, 0.2) is 30.3 Å². The van der Waals surface area contributed by atoms with Gasteiger partial charge in [-0.25, -0.2) is 4.79 Å². The SMILES string of the molecule is CN(C(=O)COC(=O)CCCN1C(=O)NC2(CCCC2)C1=O)c1ccccc1. The van der Waals surface area contributed by atoms with Gasteiger partial charge in [0.25, 0.3) is 11.8 Å². The molecule has 3 rings (SSSR count). The molecule has 0 bridgehead atoms.